The first kappa shape index (κ1) is 62.0. The van der Waals surface area contributed by atoms with Crippen LogP contribution in [0.4, 0.5) is 0 Å². The summed E-state index contributed by atoms with van der Waals surface area (Å²) in [7, 11) is 0. The highest BCUT2D eigenvalue weighted by Crippen LogP contribution is 2.11. The van der Waals surface area contributed by atoms with Crippen molar-refractivity contribution in [3.05, 3.63) is 158 Å². The van der Waals surface area contributed by atoms with E-state index in [9.17, 15) is 14.4 Å². The molecule has 0 aromatic rings. The van der Waals surface area contributed by atoms with Crippen molar-refractivity contribution in [2.24, 2.45) is 0 Å². The van der Waals surface area contributed by atoms with Gasteiger partial charge >= 0.3 is 17.9 Å². The van der Waals surface area contributed by atoms with Crippen molar-refractivity contribution in [1.29, 1.82) is 0 Å². The van der Waals surface area contributed by atoms with Crippen LogP contribution in [0.5, 0.6) is 0 Å². The number of carbonyl (C=O) groups excluding carboxylic acids is 3. The summed E-state index contributed by atoms with van der Waals surface area (Å²) in [6.07, 6.45) is 78.1. The van der Waals surface area contributed by atoms with Crippen LogP contribution in [0.3, 0.4) is 0 Å². The molecule has 0 amide bonds. The van der Waals surface area contributed by atoms with Crippen molar-refractivity contribution in [2.75, 3.05) is 13.2 Å². The number of carbonyl (C=O) groups is 3. The third-order valence-electron chi connectivity index (χ3n) is 10.1. The minimum Gasteiger partial charge on any atom is -0.462 e. The molecule has 67 heavy (non-hydrogen) atoms. The highest BCUT2D eigenvalue weighted by molar-refractivity contribution is 5.71. The summed E-state index contributed by atoms with van der Waals surface area (Å²) >= 11 is 0. The van der Waals surface area contributed by atoms with Crippen LogP contribution in [0.1, 0.15) is 188 Å². The highest BCUT2D eigenvalue weighted by Gasteiger charge is 2.19. The Labute approximate surface area is 409 Å². The second-order valence-electron chi connectivity index (χ2n) is 16.4. The minimum absolute atomic E-state index is 0.139. The molecular formula is C61H92O6. The molecule has 372 valence electrons. The predicted octanol–water partition coefficient (Wildman–Crippen LogP) is 17.4. The summed E-state index contributed by atoms with van der Waals surface area (Å²) < 4.78 is 16.7. The fraction of sp³-hybridized carbons (Fsp3) is 0.525. The number of rotatable bonds is 44. The SMILES string of the molecule is CC/C=C\C/C=C\C/C=C\C/C=C\C/C=C\C/C=C\CCC(=O)OCC(COC(=O)CCCC/C=C\C/C=C\C/C=C\CC)OC(=O)CCCCCCC\C=C/C=C\C=C/C=C\CCCCC. The van der Waals surface area contributed by atoms with Gasteiger partial charge in [0.05, 0.1) is 0 Å². The molecule has 0 aliphatic rings. The molecule has 0 saturated carbocycles. The first-order chi connectivity index (χ1) is 33.0. The van der Waals surface area contributed by atoms with Gasteiger partial charge in [-0.25, -0.2) is 0 Å². The Bertz CT molecular complexity index is 1570. The number of allylic oxidation sites excluding steroid dienone is 26. The van der Waals surface area contributed by atoms with E-state index in [1.807, 2.05) is 12.2 Å². The maximum atomic E-state index is 12.8. The fourth-order valence-corrected chi connectivity index (χ4v) is 6.26. The van der Waals surface area contributed by atoms with Crippen LogP contribution in [0, 0.1) is 0 Å². The zero-order chi connectivity index (χ0) is 48.6. The molecule has 0 N–H and O–H groups in total. The zero-order valence-corrected chi connectivity index (χ0v) is 42.3. The van der Waals surface area contributed by atoms with Crippen molar-refractivity contribution in [3.8, 4) is 0 Å². The van der Waals surface area contributed by atoms with E-state index in [0.29, 0.717) is 12.8 Å². The molecule has 0 aromatic carbocycles. The number of esters is 3. The van der Waals surface area contributed by atoms with E-state index < -0.39 is 6.10 Å². The van der Waals surface area contributed by atoms with Gasteiger partial charge in [0, 0.05) is 19.3 Å². The summed E-state index contributed by atoms with van der Waals surface area (Å²) in [6, 6.07) is 0. The summed E-state index contributed by atoms with van der Waals surface area (Å²) in [6.45, 7) is 6.22. The number of hydrogen-bond donors (Lipinski definition) is 0. The highest BCUT2D eigenvalue weighted by atomic mass is 16.6. The Balaban J connectivity index is 4.62. The van der Waals surface area contributed by atoms with E-state index in [4.69, 9.17) is 14.2 Å². The van der Waals surface area contributed by atoms with Gasteiger partial charge in [0.15, 0.2) is 6.10 Å². The maximum Gasteiger partial charge on any atom is 0.306 e. The van der Waals surface area contributed by atoms with E-state index in [2.05, 4.69) is 167 Å². The van der Waals surface area contributed by atoms with Crippen LogP contribution in [0.15, 0.2) is 158 Å². The normalized spacial score (nSPS) is 13.4. The van der Waals surface area contributed by atoms with E-state index in [1.165, 1.54) is 19.3 Å². The molecule has 1 atom stereocenters. The van der Waals surface area contributed by atoms with Crippen LogP contribution in [0.25, 0.3) is 0 Å². The summed E-state index contributed by atoms with van der Waals surface area (Å²) in [4.78, 5) is 38.0. The van der Waals surface area contributed by atoms with Gasteiger partial charge in [0.1, 0.15) is 13.2 Å². The quantitative estimate of drug-likeness (QED) is 0.0199. The molecule has 0 bridgehead atoms. The minimum atomic E-state index is -0.844. The first-order valence-corrected chi connectivity index (χ1v) is 26.0. The molecule has 0 rings (SSSR count). The monoisotopic (exact) mass is 921 g/mol. The number of hydrogen-bond acceptors (Lipinski definition) is 6. The number of unbranched alkanes of at least 4 members (excludes halogenated alkanes) is 10. The van der Waals surface area contributed by atoms with Gasteiger partial charge < -0.3 is 14.2 Å². The van der Waals surface area contributed by atoms with Gasteiger partial charge in [-0.15, -0.1) is 0 Å². The van der Waals surface area contributed by atoms with Gasteiger partial charge in [0.25, 0.3) is 0 Å². The van der Waals surface area contributed by atoms with Crippen molar-refractivity contribution in [1.82, 2.24) is 0 Å². The Morgan fingerprint density at radius 2 is 0.672 bits per heavy atom. The summed E-state index contributed by atoms with van der Waals surface area (Å²) in [5, 5.41) is 0. The second kappa shape index (κ2) is 53.6. The van der Waals surface area contributed by atoms with Crippen molar-refractivity contribution in [2.45, 2.75) is 194 Å². The molecule has 1 unspecified atom stereocenters. The zero-order valence-electron chi connectivity index (χ0n) is 42.3. The summed E-state index contributed by atoms with van der Waals surface area (Å²) in [5.41, 5.74) is 0. The average molecular weight is 921 g/mol. The van der Waals surface area contributed by atoms with Crippen LogP contribution in [-0.4, -0.2) is 37.2 Å². The van der Waals surface area contributed by atoms with Crippen LogP contribution in [-0.2, 0) is 28.6 Å². The van der Waals surface area contributed by atoms with Gasteiger partial charge in [-0.1, -0.05) is 211 Å². The summed E-state index contributed by atoms with van der Waals surface area (Å²) in [5.74, 6) is -1.10. The van der Waals surface area contributed by atoms with Gasteiger partial charge in [-0.3, -0.25) is 14.4 Å². The average Bonchev–Trinajstić information content (AvgIpc) is 3.33. The maximum absolute atomic E-state index is 12.8. The lowest BCUT2D eigenvalue weighted by atomic mass is 10.1. The lowest BCUT2D eigenvalue weighted by Crippen LogP contribution is -2.30. The molecule has 0 aliphatic carbocycles. The van der Waals surface area contributed by atoms with Crippen molar-refractivity contribution < 1.29 is 28.6 Å². The molecule has 0 saturated heterocycles. The molecule has 6 heteroatoms. The molecule has 0 aromatic heterocycles. The van der Waals surface area contributed by atoms with Crippen molar-refractivity contribution >= 4 is 17.9 Å². The lowest BCUT2D eigenvalue weighted by molar-refractivity contribution is -0.166. The van der Waals surface area contributed by atoms with E-state index in [-0.39, 0.29) is 50.4 Å². The molecule has 0 radical (unpaired) electrons. The van der Waals surface area contributed by atoms with Crippen LogP contribution >= 0.6 is 0 Å². The Morgan fingerprint density at radius 3 is 1.16 bits per heavy atom. The number of ether oxygens (including phenoxy) is 3. The van der Waals surface area contributed by atoms with Gasteiger partial charge in [-0.05, 0) is 116 Å². The molecule has 0 heterocycles. The third kappa shape index (κ3) is 51.9. The molecular weight excluding hydrogens is 829 g/mol. The van der Waals surface area contributed by atoms with Crippen LogP contribution in [0.2, 0.25) is 0 Å². The standard InChI is InChI=1S/C61H92O6/c1-4-7-10-13-16-19-22-25-27-29-31-33-34-36-39-42-45-48-51-54-60(63)66-57-58(56-65-59(62)53-50-47-44-41-38-24-21-18-15-12-9-6-3)67-61(64)55-52-49-46-43-40-37-35-32-30-28-26-23-20-17-14-11-8-5-2/h7,9-10,12,16-21,23,25-28,30-33,35-36,38-39,41,45,48,58H,4-6,8,11,13-15,22,24,29,34,37,40,42-44,46-47,49-57H2,1-3H3/b10-7-,12-9-,19-16-,20-17-,21-18-,26-23-,27-25-,30-28-,33-31-,35-32-,39-36-,41-38-,48-45-. The molecule has 0 aliphatic heterocycles. The lowest BCUT2D eigenvalue weighted by Gasteiger charge is -2.18. The molecule has 0 spiro atoms. The topological polar surface area (TPSA) is 78.9 Å². The van der Waals surface area contributed by atoms with Gasteiger partial charge in [-0.2, -0.15) is 0 Å². The van der Waals surface area contributed by atoms with E-state index in [1.54, 1.807) is 0 Å². The van der Waals surface area contributed by atoms with E-state index in [0.717, 1.165) is 116 Å². The largest absolute Gasteiger partial charge is 0.462 e. The van der Waals surface area contributed by atoms with Crippen LogP contribution < -0.4 is 0 Å². The Hall–Kier alpha value is -4.97. The predicted molar refractivity (Wildman–Crippen MR) is 288 cm³/mol. The first-order valence-electron chi connectivity index (χ1n) is 26.0. The van der Waals surface area contributed by atoms with Gasteiger partial charge in [0.2, 0.25) is 0 Å². The molecule has 6 nitrogen and oxygen atoms in total. The Morgan fingerprint density at radius 1 is 0.328 bits per heavy atom. The molecule has 0 fully saturated rings. The van der Waals surface area contributed by atoms with Crippen molar-refractivity contribution in [3.63, 3.8) is 0 Å². The fourth-order valence-electron chi connectivity index (χ4n) is 6.26. The Kier molecular flexibility index (Phi) is 49.7. The second-order valence-corrected chi connectivity index (χ2v) is 16.4. The smallest absolute Gasteiger partial charge is 0.306 e. The third-order valence-corrected chi connectivity index (χ3v) is 10.1. The van der Waals surface area contributed by atoms with E-state index >= 15 is 0 Å².